The van der Waals surface area contributed by atoms with Gasteiger partial charge in [-0.2, -0.15) is 0 Å². The van der Waals surface area contributed by atoms with Gasteiger partial charge in [-0.3, -0.25) is 10.1 Å². The summed E-state index contributed by atoms with van der Waals surface area (Å²) in [6.45, 7) is 11.2. The molecule has 10 nitrogen and oxygen atoms in total. The van der Waals surface area contributed by atoms with Crippen LogP contribution in [0.25, 0.3) is 11.1 Å². The smallest absolute Gasteiger partial charge is 0.411 e. The molecule has 3 aromatic rings. The van der Waals surface area contributed by atoms with Crippen LogP contribution in [0.5, 0.6) is 0 Å². The van der Waals surface area contributed by atoms with Crippen molar-refractivity contribution < 1.29 is 23.9 Å². The Labute approximate surface area is 282 Å². The van der Waals surface area contributed by atoms with Crippen molar-refractivity contribution >= 4 is 40.1 Å². The molecular formula is C36H49N5O5S. The van der Waals surface area contributed by atoms with E-state index in [0.29, 0.717) is 28.7 Å². The Morgan fingerprint density at radius 3 is 2.43 bits per heavy atom. The lowest BCUT2D eigenvalue weighted by atomic mass is 10.0. The van der Waals surface area contributed by atoms with Gasteiger partial charge in [-0.1, -0.05) is 66.3 Å². The predicted molar refractivity (Wildman–Crippen MR) is 188 cm³/mol. The molecule has 2 aromatic carbocycles. The van der Waals surface area contributed by atoms with Crippen LogP contribution >= 0.6 is 11.3 Å². The summed E-state index contributed by atoms with van der Waals surface area (Å²) in [7, 11) is 1.87. The van der Waals surface area contributed by atoms with Gasteiger partial charge in [-0.05, 0) is 65.0 Å². The topological polar surface area (TPSA) is 113 Å². The number of aryl methyl sites for hydroxylation is 1. The SMILES string of the molecule is Cc1nc(NCCCCCC(=O)N(C)CCN2CCC(OC(=O)Nc3ccccc3-c3ccccc3)CC2)sc1C(=O)OC(C)(C)C. The molecule has 4 rings (SSSR count). The number of ether oxygens (including phenoxy) is 2. The van der Waals surface area contributed by atoms with Gasteiger partial charge in [-0.15, -0.1) is 0 Å². The molecule has 254 valence electrons. The molecule has 47 heavy (non-hydrogen) atoms. The highest BCUT2D eigenvalue weighted by Crippen LogP contribution is 2.28. The number of amides is 2. The molecule has 1 aromatic heterocycles. The Balaban J connectivity index is 1.06. The lowest BCUT2D eigenvalue weighted by Gasteiger charge is -2.32. The minimum atomic E-state index is -0.544. The Morgan fingerprint density at radius 2 is 1.70 bits per heavy atom. The summed E-state index contributed by atoms with van der Waals surface area (Å²) in [5.41, 5.74) is 2.84. The first kappa shape index (κ1) is 35.9. The molecule has 0 aliphatic carbocycles. The van der Waals surface area contributed by atoms with E-state index in [-0.39, 0.29) is 18.0 Å². The summed E-state index contributed by atoms with van der Waals surface area (Å²) < 4.78 is 11.2. The first-order valence-corrected chi connectivity index (χ1v) is 17.3. The third-order valence-corrected chi connectivity index (χ3v) is 9.05. The number of hydrogen-bond donors (Lipinski definition) is 2. The number of likely N-dealkylation sites (tertiary alicyclic amines) is 1. The van der Waals surface area contributed by atoms with E-state index >= 15 is 0 Å². The van der Waals surface area contributed by atoms with Gasteiger partial charge >= 0.3 is 12.1 Å². The summed E-state index contributed by atoms with van der Waals surface area (Å²) in [6.07, 6.45) is 4.15. The second kappa shape index (κ2) is 17.3. The summed E-state index contributed by atoms with van der Waals surface area (Å²) in [5, 5.41) is 6.93. The lowest BCUT2D eigenvalue weighted by Crippen LogP contribution is -2.42. The summed E-state index contributed by atoms with van der Waals surface area (Å²) >= 11 is 1.31. The van der Waals surface area contributed by atoms with E-state index in [1.54, 1.807) is 0 Å². The number of hydrogen-bond acceptors (Lipinski definition) is 9. The van der Waals surface area contributed by atoms with Crippen LogP contribution in [0.2, 0.25) is 0 Å². The van der Waals surface area contributed by atoms with Crippen LogP contribution in [0.1, 0.15) is 74.7 Å². The zero-order chi connectivity index (χ0) is 33.8. The normalized spacial score (nSPS) is 14.0. The maximum Gasteiger partial charge on any atom is 0.411 e. The molecule has 0 bridgehead atoms. The van der Waals surface area contributed by atoms with Gasteiger partial charge in [0, 0.05) is 51.8 Å². The van der Waals surface area contributed by atoms with Crippen molar-refractivity contribution in [1.82, 2.24) is 14.8 Å². The number of benzene rings is 2. The number of esters is 1. The summed E-state index contributed by atoms with van der Waals surface area (Å²) in [4.78, 5) is 46.9. The van der Waals surface area contributed by atoms with Crippen molar-refractivity contribution in [3.05, 3.63) is 65.2 Å². The molecule has 1 fully saturated rings. The quantitative estimate of drug-likeness (QED) is 0.137. The van der Waals surface area contributed by atoms with E-state index < -0.39 is 11.7 Å². The Kier molecular flexibility index (Phi) is 13.2. The molecule has 0 radical (unpaired) electrons. The fraction of sp³-hybridized carbons (Fsp3) is 0.500. The number of aromatic nitrogens is 1. The molecular weight excluding hydrogens is 614 g/mol. The molecule has 0 unspecified atom stereocenters. The number of nitrogens with zero attached hydrogens (tertiary/aromatic N) is 3. The van der Waals surface area contributed by atoms with Crippen molar-refractivity contribution in [2.45, 2.75) is 77.9 Å². The van der Waals surface area contributed by atoms with Gasteiger partial charge in [-0.25, -0.2) is 14.6 Å². The largest absolute Gasteiger partial charge is 0.456 e. The van der Waals surface area contributed by atoms with Crippen molar-refractivity contribution in [3.63, 3.8) is 0 Å². The maximum absolute atomic E-state index is 12.7. The number of unbranched alkanes of at least 4 members (excludes halogenated alkanes) is 2. The molecule has 2 heterocycles. The first-order chi connectivity index (χ1) is 22.5. The fourth-order valence-electron chi connectivity index (χ4n) is 5.37. The van der Waals surface area contributed by atoms with E-state index in [9.17, 15) is 14.4 Å². The second-order valence-corrected chi connectivity index (χ2v) is 14.0. The van der Waals surface area contributed by atoms with E-state index in [0.717, 1.165) is 75.1 Å². The fourth-order valence-corrected chi connectivity index (χ4v) is 6.24. The highest BCUT2D eigenvalue weighted by atomic mass is 32.1. The maximum atomic E-state index is 12.7. The number of likely N-dealkylation sites (N-methyl/N-ethyl adjacent to an activating group) is 1. The van der Waals surface area contributed by atoms with E-state index in [1.807, 2.05) is 94.2 Å². The lowest BCUT2D eigenvalue weighted by molar-refractivity contribution is -0.130. The third-order valence-electron chi connectivity index (χ3n) is 7.96. The number of thiazole rings is 1. The zero-order valence-electron chi connectivity index (χ0n) is 28.3. The van der Waals surface area contributed by atoms with E-state index in [1.165, 1.54) is 11.3 Å². The van der Waals surface area contributed by atoms with Gasteiger partial charge in [0.05, 0.1) is 11.4 Å². The minimum absolute atomic E-state index is 0.129. The van der Waals surface area contributed by atoms with E-state index in [2.05, 4.69) is 20.5 Å². The number of piperidine rings is 1. The van der Waals surface area contributed by atoms with Crippen molar-refractivity contribution in [1.29, 1.82) is 0 Å². The van der Waals surface area contributed by atoms with Crippen molar-refractivity contribution in [2.24, 2.45) is 0 Å². The minimum Gasteiger partial charge on any atom is -0.456 e. The number of rotatable bonds is 14. The Hall–Kier alpha value is -3.96. The standard InChI is InChI=1S/C36H49N5O5S/c1-26-32(33(43)46-36(2,3)4)47-34(38-26)37-21-13-7-10-18-31(42)40(5)24-25-41-22-19-28(20-23-41)45-35(44)39-30-17-12-11-16-29(30)27-14-8-6-9-15-27/h6,8-9,11-12,14-17,28H,7,10,13,18-25H2,1-5H3,(H,37,38)(H,39,44). The van der Waals surface area contributed by atoms with Gasteiger partial charge in [0.1, 0.15) is 16.6 Å². The van der Waals surface area contributed by atoms with Crippen LogP contribution in [0.15, 0.2) is 54.6 Å². The van der Waals surface area contributed by atoms with Crippen molar-refractivity contribution in [2.75, 3.05) is 50.4 Å². The number of anilines is 2. The number of nitrogens with one attached hydrogen (secondary N) is 2. The summed E-state index contributed by atoms with van der Waals surface area (Å²) in [6, 6.07) is 17.7. The highest BCUT2D eigenvalue weighted by molar-refractivity contribution is 7.17. The van der Waals surface area contributed by atoms with Crippen LogP contribution in [0.4, 0.5) is 15.6 Å². The van der Waals surface area contributed by atoms with Crippen LogP contribution in [0.3, 0.4) is 0 Å². The molecule has 2 N–H and O–H groups in total. The van der Waals surface area contributed by atoms with Gasteiger partial charge in [0.25, 0.3) is 0 Å². The van der Waals surface area contributed by atoms with Gasteiger partial charge in [0.15, 0.2) is 5.13 Å². The molecule has 0 saturated carbocycles. The number of para-hydroxylation sites is 1. The van der Waals surface area contributed by atoms with Crippen LogP contribution in [-0.4, -0.2) is 84.2 Å². The Morgan fingerprint density at radius 1 is 1.00 bits per heavy atom. The van der Waals surface area contributed by atoms with Crippen LogP contribution in [0, 0.1) is 6.92 Å². The molecule has 1 aliphatic heterocycles. The van der Waals surface area contributed by atoms with Gasteiger partial charge < -0.3 is 24.6 Å². The van der Waals surface area contributed by atoms with Crippen LogP contribution < -0.4 is 10.6 Å². The highest BCUT2D eigenvalue weighted by Gasteiger charge is 2.24. The average molecular weight is 664 g/mol. The molecule has 0 spiro atoms. The Bertz CT molecular complexity index is 1460. The number of carbonyl (C=O) groups is 3. The zero-order valence-corrected chi connectivity index (χ0v) is 29.2. The summed E-state index contributed by atoms with van der Waals surface area (Å²) in [5.74, 6) is -0.190. The van der Waals surface area contributed by atoms with Crippen LogP contribution in [-0.2, 0) is 14.3 Å². The predicted octanol–water partition coefficient (Wildman–Crippen LogP) is 7.22. The molecule has 0 atom stereocenters. The third kappa shape index (κ3) is 11.7. The first-order valence-electron chi connectivity index (χ1n) is 16.5. The molecule has 11 heteroatoms. The van der Waals surface area contributed by atoms with Gasteiger partial charge in [0.2, 0.25) is 5.91 Å². The molecule has 1 saturated heterocycles. The monoisotopic (exact) mass is 663 g/mol. The van der Waals surface area contributed by atoms with Crippen molar-refractivity contribution in [3.8, 4) is 11.1 Å². The second-order valence-electron chi connectivity index (χ2n) is 13.0. The molecule has 2 amide bonds. The average Bonchev–Trinajstić information content (AvgIpc) is 3.42. The molecule has 1 aliphatic rings. The van der Waals surface area contributed by atoms with E-state index in [4.69, 9.17) is 9.47 Å². The number of carbonyl (C=O) groups excluding carboxylic acids is 3.